The number of fused-ring (bicyclic) bond motifs is 1. The second-order valence-electron chi connectivity index (χ2n) is 10.1. The van der Waals surface area contributed by atoms with E-state index in [1.807, 2.05) is 6.92 Å². The van der Waals surface area contributed by atoms with E-state index >= 15 is 0 Å². The van der Waals surface area contributed by atoms with Crippen molar-refractivity contribution < 1.29 is 27.1 Å². The SMILES string of the molecule is CCC(=O)CCCCCCCOc1ccc(/C(=C(/CC(F)(F)F)c2ccccc2)c2ccc3[nH]cc(F)c3c2)cn1. The number of nitrogens with zero attached hydrogens (tertiary/aromatic N) is 1. The van der Waals surface area contributed by atoms with Gasteiger partial charge in [0.15, 0.2) is 0 Å². The number of hydrogen-bond acceptors (Lipinski definition) is 3. The number of halogens is 4. The van der Waals surface area contributed by atoms with Gasteiger partial charge in [0.2, 0.25) is 5.88 Å². The molecule has 0 saturated heterocycles. The van der Waals surface area contributed by atoms with Gasteiger partial charge in [-0.2, -0.15) is 13.2 Å². The summed E-state index contributed by atoms with van der Waals surface area (Å²) in [6, 6.07) is 16.7. The molecule has 0 aliphatic heterocycles. The van der Waals surface area contributed by atoms with E-state index in [1.165, 1.54) is 12.4 Å². The molecule has 0 aliphatic rings. The van der Waals surface area contributed by atoms with Gasteiger partial charge in [-0.05, 0) is 53.3 Å². The monoisotopic (exact) mass is 566 g/mol. The van der Waals surface area contributed by atoms with Gasteiger partial charge >= 0.3 is 6.18 Å². The smallest absolute Gasteiger partial charge is 0.393 e. The third kappa shape index (κ3) is 8.52. The predicted octanol–water partition coefficient (Wildman–Crippen LogP) is 9.31. The molecule has 2 aromatic carbocycles. The summed E-state index contributed by atoms with van der Waals surface area (Å²) in [4.78, 5) is 18.6. The Morgan fingerprint density at radius 1 is 0.902 bits per heavy atom. The first-order valence-electron chi connectivity index (χ1n) is 14.0. The zero-order valence-electron chi connectivity index (χ0n) is 23.1. The third-order valence-corrected chi connectivity index (χ3v) is 6.99. The van der Waals surface area contributed by atoms with Crippen molar-refractivity contribution in [3.05, 3.63) is 95.6 Å². The number of nitrogens with one attached hydrogen (secondary N) is 1. The first-order valence-corrected chi connectivity index (χ1v) is 14.0. The van der Waals surface area contributed by atoms with Gasteiger partial charge < -0.3 is 9.72 Å². The van der Waals surface area contributed by atoms with Crippen LogP contribution in [0.25, 0.3) is 22.0 Å². The normalized spacial score (nSPS) is 12.4. The molecule has 0 spiro atoms. The fourth-order valence-electron chi connectivity index (χ4n) is 4.85. The van der Waals surface area contributed by atoms with Crippen molar-refractivity contribution >= 4 is 27.8 Å². The molecule has 4 aromatic rings. The molecule has 2 aromatic heterocycles. The Morgan fingerprint density at radius 2 is 1.63 bits per heavy atom. The number of aromatic nitrogens is 2. The lowest BCUT2D eigenvalue weighted by atomic mass is 9.88. The van der Waals surface area contributed by atoms with Gasteiger partial charge in [0.25, 0.3) is 0 Å². The minimum Gasteiger partial charge on any atom is -0.478 e. The summed E-state index contributed by atoms with van der Waals surface area (Å²) >= 11 is 0. The van der Waals surface area contributed by atoms with Gasteiger partial charge in [0.05, 0.1) is 13.0 Å². The van der Waals surface area contributed by atoms with Crippen LogP contribution in [0.3, 0.4) is 0 Å². The summed E-state index contributed by atoms with van der Waals surface area (Å²) in [5.41, 5.74) is 2.31. The van der Waals surface area contributed by atoms with Crippen LogP contribution in [0.15, 0.2) is 73.1 Å². The zero-order valence-corrected chi connectivity index (χ0v) is 23.1. The van der Waals surface area contributed by atoms with Crippen molar-refractivity contribution in [2.75, 3.05) is 6.61 Å². The van der Waals surface area contributed by atoms with Crippen LogP contribution in [0.5, 0.6) is 5.88 Å². The van der Waals surface area contributed by atoms with Crippen molar-refractivity contribution in [2.45, 2.75) is 64.5 Å². The highest BCUT2D eigenvalue weighted by Crippen LogP contribution is 2.40. The number of hydrogen-bond donors (Lipinski definition) is 1. The van der Waals surface area contributed by atoms with E-state index < -0.39 is 18.4 Å². The molecule has 0 bridgehead atoms. The maximum Gasteiger partial charge on any atom is 0.393 e. The van der Waals surface area contributed by atoms with Crippen LogP contribution in [0.4, 0.5) is 17.6 Å². The molecule has 1 N–H and O–H groups in total. The van der Waals surface area contributed by atoms with Crippen molar-refractivity contribution in [3.8, 4) is 5.88 Å². The Hall–Kier alpha value is -3.94. The first kappa shape index (κ1) is 30.0. The molecule has 0 aliphatic carbocycles. The number of aromatic amines is 1. The summed E-state index contributed by atoms with van der Waals surface area (Å²) < 4.78 is 61.9. The number of alkyl halides is 3. The number of ketones is 1. The molecule has 0 atom stereocenters. The van der Waals surface area contributed by atoms with Crippen LogP contribution in [-0.2, 0) is 4.79 Å². The first-order chi connectivity index (χ1) is 19.7. The highest BCUT2D eigenvalue weighted by atomic mass is 19.4. The van der Waals surface area contributed by atoms with Crippen molar-refractivity contribution in [1.82, 2.24) is 9.97 Å². The highest BCUT2D eigenvalue weighted by molar-refractivity contribution is 6.00. The van der Waals surface area contributed by atoms with Crippen LogP contribution in [-0.4, -0.2) is 28.5 Å². The lowest BCUT2D eigenvalue weighted by molar-refractivity contribution is -0.123. The van der Waals surface area contributed by atoms with Crippen LogP contribution < -0.4 is 4.74 Å². The van der Waals surface area contributed by atoms with Crippen LogP contribution >= 0.6 is 0 Å². The largest absolute Gasteiger partial charge is 0.478 e. The summed E-state index contributed by atoms with van der Waals surface area (Å²) in [7, 11) is 0. The number of ether oxygens (including phenoxy) is 1. The Bertz CT molecular complexity index is 1460. The topological polar surface area (TPSA) is 55.0 Å². The number of H-pyrrole nitrogens is 1. The highest BCUT2D eigenvalue weighted by Gasteiger charge is 2.31. The maximum atomic E-state index is 14.5. The fraction of sp³-hybridized carbons (Fsp3) is 0.333. The molecule has 4 rings (SSSR count). The Labute approximate surface area is 237 Å². The summed E-state index contributed by atoms with van der Waals surface area (Å²) in [5, 5.41) is 0.296. The van der Waals surface area contributed by atoms with E-state index in [2.05, 4.69) is 9.97 Å². The lowest BCUT2D eigenvalue weighted by Crippen LogP contribution is -2.10. The fourth-order valence-corrected chi connectivity index (χ4v) is 4.85. The van der Waals surface area contributed by atoms with E-state index in [4.69, 9.17) is 4.74 Å². The number of allylic oxidation sites excluding steroid dienone is 1. The molecule has 0 unspecified atom stereocenters. The van der Waals surface area contributed by atoms with E-state index in [0.29, 0.717) is 64.3 Å². The van der Waals surface area contributed by atoms with Crippen LogP contribution in [0.2, 0.25) is 0 Å². The minimum atomic E-state index is -4.47. The van der Waals surface area contributed by atoms with Gasteiger partial charge in [-0.3, -0.25) is 4.79 Å². The van der Waals surface area contributed by atoms with E-state index in [0.717, 1.165) is 32.1 Å². The minimum absolute atomic E-state index is 0.0736. The van der Waals surface area contributed by atoms with Gasteiger partial charge in [0.1, 0.15) is 11.6 Å². The average Bonchev–Trinajstić information content (AvgIpc) is 3.34. The number of Topliss-reactive ketones (excluding diaryl/α,β-unsaturated/α-hetero) is 1. The van der Waals surface area contributed by atoms with E-state index in [1.54, 1.807) is 60.7 Å². The number of benzene rings is 2. The second-order valence-corrected chi connectivity index (χ2v) is 10.1. The summed E-state index contributed by atoms with van der Waals surface area (Å²) in [5.74, 6) is 0.202. The van der Waals surface area contributed by atoms with E-state index in [9.17, 15) is 22.4 Å². The summed E-state index contributed by atoms with van der Waals surface area (Å²) in [6.07, 6.45) is 3.09. The van der Waals surface area contributed by atoms with Gasteiger partial charge in [-0.25, -0.2) is 9.37 Å². The molecule has 2 heterocycles. The molecule has 41 heavy (non-hydrogen) atoms. The van der Waals surface area contributed by atoms with Gasteiger partial charge in [-0.1, -0.05) is 62.6 Å². The number of pyridine rings is 1. The molecule has 216 valence electrons. The Kier molecular flexibility index (Phi) is 10.3. The van der Waals surface area contributed by atoms with Crippen molar-refractivity contribution in [2.24, 2.45) is 0 Å². The van der Waals surface area contributed by atoms with E-state index in [-0.39, 0.29) is 5.57 Å². The van der Waals surface area contributed by atoms with Gasteiger partial charge in [0, 0.05) is 47.8 Å². The van der Waals surface area contributed by atoms with Crippen LogP contribution in [0, 0.1) is 5.82 Å². The van der Waals surface area contributed by atoms with Crippen molar-refractivity contribution in [1.29, 1.82) is 0 Å². The van der Waals surface area contributed by atoms with Crippen molar-refractivity contribution in [3.63, 3.8) is 0 Å². The molecule has 8 heteroatoms. The van der Waals surface area contributed by atoms with Gasteiger partial charge in [-0.15, -0.1) is 0 Å². The molecular formula is C33H34F4N2O2. The Balaban J connectivity index is 1.57. The number of carbonyl (C=O) groups excluding carboxylic acids is 1. The molecule has 0 amide bonds. The Morgan fingerprint density at radius 3 is 2.34 bits per heavy atom. The number of unbranched alkanes of at least 4 members (excludes halogenated alkanes) is 4. The molecule has 0 radical (unpaired) electrons. The molecule has 0 saturated carbocycles. The predicted molar refractivity (Wildman–Crippen MR) is 154 cm³/mol. The number of rotatable bonds is 14. The number of carbonyl (C=O) groups is 1. The second kappa shape index (κ2) is 14.1. The molecule has 0 fully saturated rings. The quantitative estimate of drug-likeness (QED) is 0.0940. The standard InChI is InChI=1S/C33H34F4N2O2/c1-2-26(40)13-9-4-3-5-10-18-41-31-17-15-25(21-39-31)32(24-14-16-30-27(19-24)29(34)22-38-30)28(20-33(35,36)37)23-11-7-6-8-12-23/h6-8,11-12,14-17,19,21-22,38H,2-5,9-10,13,18,20H2,1H3/b32-28-. The molecular weight excluding hydrogens is 532 g/mol. The van der Waals surface area contributed by atoms with Crippen LogP contribution in [0.1, 0.15) is 75.0 Å². The summed E-state index contributed by atoms with van der Waals surface area (Å²) in [6.45, 7) is 2.35. The average molecular weight is 567 g/mol. The lowest BCUT2D eigenvalue weighted by Gasteiger charge is -2.19. The maximum absolute atomic E-state index is 14.5. The zero-order chi connectivity index (χ0) is 29.2. The molecule has 4 nitrogen and oxygen atoms in total. The third-order valence-electron chi connectivity index (χ3n) is 6.99.